The molecular weight excluding hydrogens is 364 g/mol. The van der Waals surface area contributed by atoms with E-state index in [4.69, 9.17) is 0 Å². The average molecular weight is 364 g/mol. The van der Waals surface area contributed by atoms with Crippen LogP contribution in [0, 0.1) is 0 Å². The van der Waals surface area contributed by atoms with Crippen LogP contribution in [0.2, 0.25) is 0 Å². The summed E-state index contributed by atoms with van der Waals surface area (Å²) in [6.07, 6.45) is 0. The van der Waals surface area contributed by atoms with E-state index >= 15 is 0 Å². The van der Waals surface area contributed by atoms with Crippen LogP contribution in [0.1, 0.15) is 0 Å². The van der Waals surface area contributed by atoms with Gasteiger partial charge in [0.15, 0.2) is 0 Å². The zero-order valence-corrected chi connectivity index (χ0v) is 7.37. The molecular formula is CBiIO. The number of carbonyl (C=O) groups is 1. The SMILES string of the molecule is O=[C](I)[Bi]. The van der Waals surface area contributed by atoms with Gasteiger partial charge in [-0.1, -0.05) is 0 Å². The third-order valence-electron chi connectivity index (χ3n) is 0. The van der Waals surface area contributed by atoms with Crippen LogP contribution in [0.3, 0.4) is 0 Å². The molecule has 0 N–H and O–H groups in total. The van der Waals surface area contributed by atoms with Crippen molar-refractivity contribution in [1.29, 1.82) is 0 Å². The summed E-state index contributed by atoms with van der Waals surface area (Å²) in [5.41, 5.74) is 0. The topological polar surface area (TPSA) is 17.1 Å². The van der Waals surface area contributed by atoms with E-state index in [1.807, 2.05) is 0 Å². The van der Waals surface area contributed by atoms with E-state index < -0.39 is 0 Å². The maximum absolute atomic E-state index is 9.48. The van der Waals surface area contributed by atoms with Crippen LogP contribution in [0.5, 0.6) is 0 Å². The summed E-state index contributed by atoms with van der Waals surface area (Å²) < 4.78 is 0.248. The molecule has 0 aliphatic heterocycles. The molecule has 3 heteroatoms. The third-order valence-corrected chi connectivity index (χ3v) is 0. The Morgan fingerprint density at radius 2 is 2.00 bits per heavy atom. The van der Waals surface area contributed by atoms with Crippen LogP contribution in [-0.2, 0) is 0 Å². The van der Waals surface area contributed by atoms with Crippen molar-refractivity contribution < 1.29 is 4.79 Å². The van der Waals surface area contributed by atoms with Crippen molar-refractivity contribution in [2.45, 2.75) is 0 Å². The normalized spacial score (nSPS) is 6.50. The van der Waals surface area contributed by atoms with Crippen molar-refractivity contribution >= 4 is 48.8 Å². The van der Waals surface area contributed by atoms with Gasteiger partial charge in [0.25, 0.3) is 0 Å². The molecule has 0 aromatic heterocycles. The van der Waals surface area contributed by atoms with Crippen molar-refractivity contribution in [3.63, 3.8) is 0 Å². The third kappa shape index (κ3) is 10.4. The number of carbonyl (C=O) groups excluding carboxylic acids is 1. The monoisotopic (exact) mass is 364 g/mol. The van der Waals surface area contributed by atoms with E-state index in [1.165, 1.54) is 0 Å². The Bertz CT molecular complexity index is 31.0. The zero-order valence-electron chi connectivity index (χ0n) is 1.73. The van der Waals surface area contributed by atoms with Gasteiger partial charge in [-0.05, 0) is 0 Å². The van der Waals surface area contributed by atoms with Crippen molar-refractivity contribution in [3.05, 3.63) is 0 Å². The fourth-order valence-corrected chi connectivity index (χ4v) is 0. The molecule has 2 radical (unpaired) electrons. The molecule has 4 heavy (non-hydrogen) atoms. The minimum atomic E-state index is 0.248. The molecule has 0 saturated carbocycles. The first-order valence-corrected chi connectivity index (χ1v) is 3.43. The first-order valence-electron chi connectivity index (χ1n) is 0.617. The second kappa shape index (κ2) is 2.52. The number of hydrogen-bond acceptors (Lipinski definition) is 1. The summed E-state index contributed by atoms with van der Waals surface area (Å²) >= 11 is 2.61. The van der Waals surface area contributed by atoms with Gasteiger partial charge >= 0.3 is 53.6 Å². The molecule has 0 unspecified atom stereocenters. The molecule has 1 nitrogen and oxygen atoms in total. The summed E-state index contributed by atoms with van der Waals surface area (Å²) in [5.74, 6) is 0. The quantitative estimate of drug-likeness (QED) is 0.352. The minimum absolute atomic E-state index is 0.248. The number of rotatable bonds is 0. The molecule has 0 atom stereocenters. The molecule has 0 rings (SSSR count). The van der Waals surface area contributed by atoms with E-state index in [9.17, 15) is 4.79 Å². The Morgan fingerprint density at radius 3 is 2.00 bits per heavy atom. The van der Waals surface area contributed by atoms with Crippen LogP contribution in [0.25, 0.3) is 0 Å². The Morgan fingerprint density at radius 1 is 2.00 bits per heavy atom. The van der Waals surface area contributed by atoms with Gasteiger partial charge in [0.2, 0.25) is 0 Å². The molecule has 0 saturated heterocycles. The molecule has 22 valence electrons. The second-order valence-electron chi connectivity index (χ2n) is 0.253. The van der Waals surface area contributed by atoms with Crippen LogP contribution in [0.4, 0.5) is 4.79 Å². The first-order chi connectivity index (χ1) is 1.73. The average Bonchev–Trinajstić information content (AvgIpc) is 0.811. The molecule has 0 aliphatic rings. The molecule has 0 aromatic rings. The Labute approximate surface area is 53.1 Å². The summed E-state index contributed by atoms with van der Waals surface area (Å²) in [5, 5.41) is 0. The van der Waals surface area contributed by atoms with E-state index in [2.05, 4.69) is 0 Å². The van der Waals surface area contributed by atoms with Gasteiger partial charge in [0.1, 0.15) is 0 Å². The summed E-state index contributed by atoms with van der Waals surface area (Å²) in [6, 6.07) is 0. The predicted octanol–water partition coefficient (Wildman–Crippen LogP) is 0.710. The van der Waals surface area contributed by atoms with Crippen LogP contribution in [0.15, 0.2) is 0 Å². The van der Waals surface area contributed by atoms with E-state index in [1.54, 1.807) is 22.6 Å². The Kier molecular flexibility index (Phi) is 3.32. The van der Waals surface area contributed by atoms with Crippen LogP contribution >= 0.6 is 22.6 Å². The van der Waals surface area contributed by atoms with E-state index in [-0.39, 0.29) is 1.50 Å². The molecule has 0 heterocycles. The molecule has 0 aliphatic carbocycles. The number of hydrogen-bond donors (Lipinski definition) is 0. The molecule has 0 bridgehead atoms. The maximum atomic E-state index is 9.48. The van der Waals surface area contributed by atoms with Crippen LogP contribution in [-0.4, -0.2) is 26.2 Å². The molecule has 0 fully saturated rings. The fraction of sp³-hybridized carbons (Fsp3) is 0. The van der Waals surface area contributed by atoms with Gasteiger partial charge < -0.3 is 0 Å². The van der Waals surface area contributed by atoms with Gasteiger partial charge in [-0.3, -0.25) is 0 Å². The van der Waals surface area contributed by atoms with Crippen LogP contribution < -0.4 is 0 Å². The molecule has 0 amide bonds. The second-order valence-corrected chi connectivity index (χ2v) is 6.29. The van der Waals surface area contributed by atoms with E-state index in [0.29, 0.717) is 0 Å². The van der Waals surface area contributed by atoms with Crippen molar-refractivity contribution in [2.75, 3.05) is 0 Å². The summed E-state index contributed by atoms with van der Waals surface area (Å²) in [6.45, 7) is 0. The fourth-order valence-electron chi connectivity index (χ4n) is 0. The van der Waals surface area contributed by atoms with Crippen molar-refractivity contribution in [1.82, 2.24) is 0 Å². The number of halogens is 1. The Hall–Kier alpha value is 1.28. The van der Waals surface area contributed by atoms with Crippen molar-refractivity contribution in [2.24, 2.45) is 0 Å². The Balaban J connectivity index is 2.80. The van der Waals surface area contributed by atoms with Gasteiger partial charge in [-0.2, -0.15) is 0 Å². The summed E-state index contributed by atoms with van der Waals surface area (Å²) in [7, 11) is 0. The zero-order chi connectivity index (χ0) is 3.58. The first kappa shape index (κ1) is 5.28. The van der Waals surface area contributed by atoms with Gasteiger partial charge in [-0.25, -0.2) is 0 Å². The van der Waals surface area contributed by atoms with Gasteiger partial charge in [0, 0.05) is 0 Å². The standard InChI is InChI=1S/CIO.Bi/c2-1-3;. The van der Waals surface area contributed by atoms with E-state index in [0.717, 1.165) is 24.7 Å². The molecule has 0 spiro atoms. The molecule has 0 aromatic carbocycles. The predicted molar refractivity (Wildman–Crippen MR) is 25.2 cm³/mol. The van der Waals surface area contributed by atoms with Crippen molar-refractivity contribution in [3.8, 4) is 0 Å². The van der Waals surface area contributed by atoms with Gasteiger partial charge in [-0.15, -0.1) is 0 Å². The summed E-state index contributed by atoms with van der Waals surface area (Å²) in [4.78, 5) is 9.48. The van der Waals surface area contributed by atoms with Gasteiger partial charge in [0.05, 0.1) is 0 Å².